The topological polar surface area (TPSA) is 69.2 Å². The van der Waals surface area contributed by atoms with Crippen molar-refractivity contribution >= 4 is 13.3 Å². The number of nitrogens with zero attached hydrogens (tertiary/aromatic N) is 3. The van der Waals surface area contributed by atoms with E-state index in [4.69, 9.17) is 0 Å². The molecule has 2 aliphatic rings. The van der Waals surface area contributed by atoms with Gasteiger partial charge in [-0.05, 0) is 25.0 Å². The Balaban J connectivity index is 1.70. The Hall–Kier alpha value is -2.64. The molecule has 0 unspecified atom stereocenters. The first-order valence-electron chi connectivity index (χ1n) is 10.2. The number of hydrogen-bond acceptors (Lipinski definition) is 3. The highest BCUT2D eigenvalue weighted by Crippen LogP contribution is 2.53. The van der Waals surface area contributed by atoms with Crippen molar-refractivity contribution in [2.24, 2.45) is 0 Å². The van der Waals surface area contributed by atoms with E-state index in [2.05, 4.69) is 25.2 Å². The molecule has 0 spiro atoms. The van der Waals surface area contributed by atoms with Crippen molar-refractivity contribution in [3.05, 3.63) is 81.6 Å². The SMILES string of the molecule is C[Si](C)(c1ccccc1)[C@@H]1[C@@H]2[C@H](O)CC[C@H]1n1c(=O)n(-c3ccccc3)c(=O)n12. The lowest BCUT2D eigenvalue weighted by atomic mass is 9.90. The zero-order valence-electron chi connectivity index (χ0n) is 16.6. The van der Waals surface area contributed by atoms with Gasteiger partial charge in [0.25, 0.3) is 0 Å². The summed E-state index contributed by atoms with van der Waals surface area (Å²) in [6.07, 6.45) is 0.706. The number of para-hydroxylation sites is 1. The predicted molar refractivity (Wildman–Crippen MR) is 115 cm³/mol. The van der Waals surface area contributed by atoms with Crippen LogP contribution in [-0.4, -0.2) is 33.2 Å². The second-order valence-corrected chi connectivity index (χ2v) is 13.4. The third-order valence-electron chi connectivity index (χ3n) is 6.90. The Kier molecular flexibility index (Phi) is 4.08. The fraction of sp³-hybridized carbons (Fsp3) is 0.364. The van der Waals surface area contributed by atoms with Crippen molar-refractivity contribution in [2.75, 3.05) is 0 Å². The maximum Gasteiger partial charge on any atom is 0.352 e. The summed E-state index contributed by atoms with van der Waals surface area (Å²) in [5.41, 5.74) is 0.0169. The molecule has 4 atom stereocenters. The Morgan fingerprint density at radius 1 is 0.862 bits per heavy atom. The third-order valence-corrected chi connectivity index (χ3v) is 11.1. The molecule has 0 amide bonds. The highest BCUT2D eigenvalue weighted by Gasteiger charge is 2.56. The van der Waals surface area contributed by atoms with Crippen LogP contribution in [0.4, 0.5) is 0 Å². The van der Waals surface area contributed by atoms with Crippen molar-refractivity contribution < 1.29 is 5.11 Å². The number of hydrogen-bond donors (Lipinski definition) is 1. The number of rotatable bonds is 3. The maximum atomic E-state index is 13.4. The standard InChI is InChI=1S/C22H25N3O3Si/c1-29(2,16-11-7-4-8-12-16)20-17-13-14-18(26)19(20)25-22(28)23(21(27)24(17)25)15-9-5-3-6-10-15/h3-12,17-20,26H,13-14H2,1-2H3/t17-,18-,19+,20+/m1/s1. The Morgan fingerprint density at radius 3 is 2.10 bits per heavy atom. The van der Waals surface area contributed by atoms with E-state index in [0.29, 0.717) is 18.5 Å². The van der Waals surface area contributed by atoms with Gasteiger partial charge in [0.2, 0.25) is 0 Å². The van der Waals surface area contributed by atoms with Gasteiger partial charge in [0, 0.05) is 5.54 Å². The van der Waals surface area contributed by atoms with Crippen molar-refractivity contribution in [3.63, 3.8) is 0 Å². The molecule has 7 heteroatoms. The van der Waals surface area contributed by atoms with Gasteiger partial charge in [0.15, 0.2) is 0 Å². The number of benzene rings is 2. The fourth-order valence-electron chi connectivity index (χ4n) is 5.56. The van der Waals surface area contributed by atoms with Gasteiger partial charge in [0.1, 0.15) is 0 Å². The largest absolute Gasteiger partial charge is 0.391 e. The molecule has 1 saturated carbocycles. The van der Waals surface area contributed by atoms with Crippen LogP contribution in [0.25, 0.3) is 5.69 Å². The number of fused-ring (bicyclic) bond motifs is 5. The molecular weight excluding hydrogens is 382 g/mol. The average molecular weight is 408 g/mol. The van der Waals surface area contributed by atoms with E-state index >= 15 is 0 Å². The normalized spacial score (nSPS) is 25.8. The van der Waals surface area contributed by atoms with E-state index in [1.807, 2.05) is 36.4 Å². The average Bonchev–Trinajstić information content (AvgIpc) is 3.16. The zero-order chi connectivity index (χ0) is 20.3. The molecule has 150 valence electrons. The van der Waals surface area contributed by atoms with Gasteiger partial charge in [-0.2, -0.15) is 0 Å². The van der Waals surface area contributed by atoms with Crippen LogP contribution in [0, 0.1) is 0 Å². The summed E-state index contributed by atoms with van der Waals surface area (Å²) >= 11 is 0. The van der Waals surface area contributed by atoms with Crippen LogP contribution in [0.15, 0.2) is 70.3 Å². The Bertz CT molecular complexity index is 1160. The quantitative estimate of drug-likeness (QED) is 0.676. The van der Waals surface area contributed by atoms with E-state index in [1.54, 1.807) is 21.5 Å². The third kappa shape index (κ3) is 2.50. The molecule has 5 rings (SSSR count). The summed E-state index contributed by atoms with van der Waals surface area (Å²) in [6, 6.07) is 19.0. The van der Waals surface area contributed by atoms with E-state index in [-0.39, 0.29) is 29.0 Å². The second kappa shape index (κ2) is 6.43. The van der Waals surface area contributed by atoms with Crippen molar-refractivity contribution in [1.82, 2.24) is 13.9 Å². The molecule has 29 heavy (non-hydrogen) atoms. The predicted octanol–water partition coefficient (Wildman–Crippen LogP) is 2.04. The second-order valence-electron chi connectivity index (χ2n) is 8.74. The Morgan fingerprint density at radius 2 is 1.45 bits per heavy atom. The van der Waals surface area contributed by atoms with Crippen LogP contribution >= 0.6 is 0 Å². The molecule has 1 aromatic heterocycles. The molecule has 3 aromatic rings. The lowest BCUT2D eigenvalue weighted by molar-refractivity contribution is 0.0829. The smallest absolute Gasteiger partial charge is 0.352 e. The minimum absolute atomic E-state index is 0.0598. The first-order chi connectivity index (χ1) is 13.9. The number of aliphatic hydroxyl groups excluding tert-OH is 1. The molecule has 2 bridgehead atoms. The minimum Gasteiger partial charge on any atom is -0.391 e. The lowest BCUT2D eigenvalue weighted by Crippen LogP contribution is -2.53. The van der Waals surface area contributed by atoms with Gasteiger partial charge < -0.3 is 5.11 Å². The van der Waals surface area contributed by atoms with Gasteiger partial charge in [-0.1, -0.05) is 66.8 Å². The molecule has 1 N–H and O–H groups in total. The minimum atomic E-state index is -2.08. The van der Waals surface area contributed by atoms with Gasteiger partial charge >= 0.3 is 11.4 Å². The van der Waals surface area contributed by atoms with E-state index in [9.17, 15) is 14.7 Å². The maximum absolute atomic E-state index is 13.4. The monoisotopic (exact) mass is 407 g/mol. The van der Waals surface area contributed by atoms with Crippen molar-refractivity contribution in [1.29, 1.82) is 0 Å². The first-order valence-corrected chi connectivity index (χ1v) is 13.3. The molecule has 2 aromatic carbocycles. The molecule has 0 radical (unpaired) electrons. The van der Waals surface area contributed by atoms with E-state index in [0.717, 1.165) is 0 Å². The summed E-state index contributed by atoms with van der Waals surface area (Å²) in [5.74, 6) is 0. The van der Waals surface area contributed by atoms with E-state index < -0.39 is 14.2 Å². The van der Waals surface area contributed by atoms with Crippen molar-refractivity contribution in [2.45, 2.75) is 49.7 Å². The molecular formula is C22H25N3O3Si. The van der Waals surface area contributed by atoms with Gasteiger partial charge in [0.05, 0.1) is 31.9 Å². The fourth-order valence-corrected chi connectivity index (χ4v) is 9.48. The molecule has 1 aliphatic heterocycles. The van der Waals surface area contributed by atoms with Crippen LogP contribution in [0.5, 0.6) is 0 Å². The summed E-state index contributed by atoms with van der Waals surface area (Å²) in [7, 11) is -2.08. The van der Waals surface area contributed by atoms with Crippen molar-refractivity contribution in [3.8, 4) is 5.69 Å². The summed E-state index contributed by atoms with van der Waals surface area (Å²) < 4.78 is 4.46. The number of aromatic nitrogens is 3. The van der Waals surface area contributed by atoms with Crippen LogP contribution in [0.3, 0.4) is 0 Å². The van der Waals surface area contributed by atoms with Crippen LogP contribution in [0.1, 0.15) is 24.9 Å². The lowest BCUT2D eigenvalue weighted by Gasteiger charge is -2.41. The summed E-state index contributed by atoms with van der Waals surface area (Å²) in [5, 5.41) is 12.2. The molecule has 6 nitrogen and oxygen atoms in total. The first kappa shape index (κ1) is 18.4. The van der Waals surface area contributed by atoms with Gasteiger partial charge in [-0.25, -0.2) is 23.5 Å². The molecule has 2 heterocycles. The Labute approximate surface area is 169 Å². The summed E-state index contributed by atoms with van der Waals surface area (Å²) in [4.78, 5) is 26.8. The summed E-state index contributed by atoms with van der Waals surface area (Å²) in [6.45, 7) is 4.58. The highest BCUT2D eigenvalue weighted by molar-refractivity contribution is 6.91. The highest BCUT2D eigenvalue weighted by atomic mass is 28.3. The van der Waals surface area contributed by atoms with Crippen LogP contribution in [-0.2, 0) is 0 Å². The zero-order valence-corrected chi connectivity index (χ0v) is 17.6. The van der Waals surface area contributed by atoms with Gasteiger partial charge in [-0.15, -0.1) is 0 Å². The van der Waals surface area contributed by atoms with E-state index in [1.165, 1.54) is 9.75 Å². The van der Waals surface area contributed by atoms with Crippen LogP contribution in [0.2, 0.25) is 18.6 Å². The molecule has 1 fully saturated rings. The molecule has 1 aliphatic carbocycles. The van der Waals surface area contributed by atoms with Crippen LogP contribution < -0.4 is 16.6 Å². The molecule has 0 saturated heterocycles. The van der Waals surface area contributed by atoms with Gasteiger partial charge in [-0.3, -0.25) is 0 Å². The number of aliphatic hydroxyl groups is 1.